The van der Waals surface area contributed by atoms with E-state index in [4.69, 9.17) is 5.41 Å². The number of nitrogens with one attached hydrogen (secondary N) is 1. The normalized spacial score (nSPS) is 9.44. The quantitative estimate of drug-likeness (QED) is 0.624. The second kappa shape index (κ2) is 2.73. The molecule has 2 nitrogen and oxygen atoms in total. The summed E-state index contributed by atoms with van der Waals surface area (Å²) in [6.07, 6.45) is 2.24. The molecule has 1 heterocycles. The van der Waals surface area contributed by atoms with Crippen molar-refractivity contribution in [2.45, 2.75) is 13.3 Å². The highest BCUT2D eigenvalue weighted by atomic mass is 32.1. The molecule has 0 aliphatic heterocycles. The van der Waals surface area contributed by atoms with Gasteiger partial charge in [0.05, 0.1) is 11.9 Å². The molecule has 0 saturated heterocycles. The van der Waals surface area contributed by atoms with E-state index in [1.165, 1.54) is 17.6 Å². The Balaban J connectivity index is 2.86. The van der Waals surface area contributed by atoms with E-state index < -0.39 is 0 Å². The Morgan fingerprint density at radius 3 is 3.00 bits per heavy atom. The van der Waals surface area contributed by atoms with Gasteiger partial charge in [0.1, 0.15) is 5.01 Å². The summed E-state index contributed by atoms with van der Waals surface area (Å²) in [6.45, 7) is 2.06. The number of rotatable bonds is 2. The Morgan fingerprint density at radius 1 is 1.89 bits per heavy atom. The third-order valence-electron chi connectivity index (χ3n) is 1.06. The van der Waals surface area contributed by atoms with E-state index in [0.717, 1.165) is 17.1 Å². The molecule has 1 aromatic heterocycles. The zero-order chi connectivity index (χ0) is 6.69. The molecular formula is C6H8N2S. The van der Waals surface area contributed by atoms with Crippen LogP contribution in [0.2, 0.25) is 0 Å². The van der Waals surface area contributed by atoms with Crippen molar-refractivity contribution in [3.05, 3.63) is 16.1 Å². The summed E-state index contributed by atoms with van der Waals surface area (Å²) in [5.74, 6) is 0. The van der Waals surface area contributed by atoms with Crippen molar-refractivity contribution in [2.75, 3.05) is 0 Å². The Hall–Kier alpha value is -0.700. The van der Waals surface area contributed by atoms with Crippen LogP contribution in [0.3, 0.4) is 0 Å². The topological polar surface area (TPSA) is 36.7 Å². The van der Waals surface area contributed by atoms with Crippen molar-refractivity contribution in [2.24, 2.45) is 0 Å². The molecule has 9 heavy (non-hydrogen) atoms. The first-order chi connectivity index (χ1) is 4.36. The van der Waals surface area contributed by atoms with E-state index in [9.17, 15) is 0 Å². The maximum atomic E-state index is 6.86. The van der Waals surface area contributed by atoms with Gasteiger partial charge in [0, 0.05) is 5.38 Å². The fourth-order valence-corrected chi connectivity index (χ4v) is 1.27. The fourth-order valence-electron chi connectivity index (χ4n) is 0.551. The lowest BCUT2D eigenvalue weighted by Crippen LogP contribution is -1.80. The molecule has 0 aliphatic rings. The molecule has 0 aliphatic carbocycles. The summed E-state index contributed by atoms with van der Waals surface area (Å²) in [5, 5.41) is 9.64. The molecular weight excluding hydrogens is 132 g/mol. The lowest BCUT2D eigenvalue weighted by Gasteiger charge is -1.79. The van der Waals surface area contributed by atoms with Gasteiger partial charge in [-0.1, -0.05) is 6.92 Å². The van der Waals surface area contributed by atoms with E-state index in [1.54, 1.807) is 0 Å². The first-order valence-electron chi connectivity index (χ1n) is 2.81. The van der Waals surface area contributed by atoms with Crippen molar-refractivity contribution >= 4 is 17.6 Å². The van der Waals surface area contributed by atoms with Crippen LogP contribution in [0, 0.1) is 5.41 Å². The Morgan fingerprint density at radius 2 is 2.67 bits per heavy atom. The van der Waals surface area contributed by atoms with E-state index in [1.807, 2.05) is 5.38 Å². The van der Waals surface area contributed by atoms with Crippen LogP contribution in [-0.2, 0) is 6.42 Å². The number of hydrogen-bond acceptors (Lipinski definition) is 3. The van der Waals surface area contributed by atoms with Crippen molar-refractivity contribution < 1.29 is 0 Å². The first kappa shape index (κ1) is 6.42. The van der Waals surface area contributed by atoms with Gasteiger partial charge < -0.3 is 5.41 Å². The number of hydrogen-bond donors (Lipinski definition) is 1. The average molecular weight is 140 g/mol. The van der Waals surface area contributed by atoms with Crippen LogP contribution in [0.4, 0.5) is 0 Å². The SMILES string of the molecule is CCc1csc(C=N)n1. The Kier molecular flexibility index (Phi) is 1.95. The molecule has 0 fully saturated rings. The highest BCUT2D eigenvalue weighted by Gasteiger charge is 1.93. The van der Waals surface area contributed by atoms with Gasteiger partial charge in [-0.25, -0.2) is 4.98 Å². The summed E-state index contributed by atoms with van der Waals surface area (Å²) in [4.78, 5) is 4.12. The minimum atomic E-state index is 0.798. The van der Waals surface area contributed by atoms with Gasteiger partial charge >= 0.3 is 0 Å². The van der Waals surface area contributed by atoms with Gasteiger partial charge in [0.15, 0.2) is 0 Å². The Bertz CT molecular complexity index is 205. The molecule has 0 saturated carbocycles. The van der Waals surface area contributed by atoms with Crippen LogP contribution >= 0.6 is 11.3 Å². The minimum absolute atomic E-state index is 0.798. The highest BCUT2D eigenvalue weighted by Crippen LogP contribution is 2.06. The zero-order valence-electron chi connectivity index (χ0n) is 5.22. The molecule has 0 radical (unpaired) electrons. The molecule has 1 N–H and O–H groups in total. The largest absolute Gasteiger partial charge is 0.306 e. The zero-order valence-corrected chi connectivity index (χ0v) is 6.03. The van der Waals surface area contributed by atoms with Crippen molar-refractivity contribution in [3.8, 4) is 0 Å². The summed E-state index contributed by atoms with van der Waals surface area (Å²) >= 11 is 1.52. The summed E-state index contributed by atoms with van der Waals surface area (Å²) in [6, 6.07) is 0. The van der Waals surface area contributed by atoms with E-state index in [-0.39, 0.29) is 0 Å². The molecule has 0 atom stereocenters. The summed E-state index contributed by atoms with van der Waals surface area (Å²) in [5.41, 5.74) is 1.08. The van der Waals surface area contributed by atoms with Crippen molar-refractivity contribution in [1.29, 1.82) is 5.41 Å². The van der Waals surface area contributed by atoms with Crippen LogP contribution in [0.5, 0.6) is 0 Å². The number of nitrogens with zero attached hydrogens (tertiary/aromatic N) is 1. The number of thiazole rings is 1. The Labute approximate surface area is 58.1 Å². The van der Waals surface area contributed by atoms with Crippen LogP contribution in [-0.4, -0.2) is 11.2 Å². The predicted molar refractivity (Wildman–Crippen MR) is 39.4 cm³/mol. The first-order valence-corrected chi connectivity index (χ1v) is 3.69. The van der Waals surface area contributed by atoms with Crippen molar-refractivity contribution in [3.63, 3.8) is 0 Å². The lowest BCUT2D eigenvalue weighted by atomic mass is 10.4. The van der Waals surface area contributed by atoms with E-state index >= 15 is 0 Å². The van der Waals surface area contributed by atoms with Gasteiger partial charge in [-0.2, -0.15) is 0 Å². The monoisotopic (exact) mass is 140 g/mol. The van der Waals surface area contributed by atoms with Crippen LogP contribution in [0.25, 0.3) is 0 Å². The summed E-state index contributed by atoms with van der Waals surface area (Å²) in [7, 11) is 0. The van der Waals surface area contributed by atoms with E-state index in [0.29, 0.717) is 0 Å². The van der Waals surface area contributed by atoms with Gasteiger partial charge in [0.25, 0.3) is 0 Å². The molecule has 0 unspecified atom stereocenters. The van der Waals surface area contributed by atoms with Crippen LogP contribution < -0.4 is 0 Å². The van der Waals surface area contributed by atoms with Gasteiger partial charge in [0.2, 0.25) is 0 Å². The fraction of sp³-hybridized carbons (Fsp3) is 0.333. The van der Waals surface area contributed by atoms with Crippen molar-refractivity contribution in [1.82, 2.24) is 4.98 Å². The maximum absolute atomic E-state index is 6.86. The second-order valence-electron chi connectivity index (χ2n) is 1.67. The molecule has 1 rings (SSSR count). The van der Waals surface area contributed by atoms with Crippen LogP contribution in [0.1, 0.15) is 17.6 Å². The van der Waals surface area contributed by atoms with Gasteiger partial charge in [-0.3, -0.25) is 0 Å². The minimum Gasteiger partial charge on any atom is -0.306 e. The third kappa shape index (κ3) is 1.36. The maximum Gasteiger partial charge on any atom is 0.133 e. The van der Waals surface area contributed by atoms with Gasteiger partial charge in [-0.05, 0) is 6.42 Å². The van der Waals surface area contributed by atoms with Crippen LogP contribution in [0.15, 0.2) is 5.38 Å². The lowest BCUT2D eigenvalue weighted by molar-refractivity contribution is 1.06. The number of aryl methyl sites for hydroxylation is 1. The highest BCUT2D eigenvalue weighted by molar-refractivity contribution is 7.11. The summed E-state index contributed by atoms with van der Waals surface area (Å²) < 4.78 is 0. The smallest absolute Gasteiger partial charge is 0.133 e. The molecule has 0 spiro atoms. The third-order valence-corrected chi connectivity index (χ3v) is 1.90. The predicted octanol–water partition coefficient (Wildman–Crippen LogP) is 1.70. The van der Waals surface area contributed by atoms with E-state index in [2.05, 4.69) is 11.9 Å². The average Bonchev–Trinajstić information content (AvgIpc) is 2.34. The second-order valence-corrected chi connectivity index (χ2v) is 2.56. The molecule has 3 heteroatoms. The molecule has 1 aromatic rings. The molecule has 0 aromatic carbocycles. The molecule has 0 amide bonds. The number of aromatic nitrogens is 1. The standard InChI is InChI=1S/C6H8N2S/c1-2-5-4-9-6(3-7)8-5/h3-4,7H,2H2,1H3. The van der Waals surface area contributed by atoms with Gasteiger partial charge in [-0.15, -0.1) is 11.3 Å². The molecule has 0 bridgehead atoms. The molecule has 48 valence electrons.